The van der Waals surface area contributed by atoms with Gasteiger partial charge in [0.05, 0.1) is 0 Å². The van der Waals surface area contributed by atoms with Crippen molar-refractivity contribution in [3.8, 4) is 11.4 Å². The van der Waals surface area contributed by atoms with Gasteiger partial charge in [-0.3, -0.25) is 0 Å². The van der Waals surface area contributed by atoms with Crippen LogP contribution in [0, 0.1) is 0 Å². The number of fused-ring (bicyclic) bond motifs is 1. The standard InChI is InChI=1S/C21H19N3O2/c25-13-12-16-10-11-21(26-15-17-6-2-1-3-7-17)20(14-16)24-22-18-8-4-5-9-19(18)23-24/h1-11,14,25H,12-13,15H2. The van der Waals surface area contributed by atoms with E-state index in [0.29, 0.717) is 18.8 Å². The van der Waals surface area contributed by atoms with Gasteiger partial charge in [-0.05, 0) is 41.8 Å². The van der Waals surface area contributed by atoms with E-state index in [0.717, 1.165) is 27.8 Å². The fourth-order valence-electron chi connectivity index (χ4n) is 2.83. The van der Waals surface area contributed by atoms with Crippen LogP contribution in [-0.2, 0) is 13.0 Å². The second-order valence-corrected chi connectivity index (χ2v) is 6.03. The monoisotopic (exact) mass is 345 g/mol. The minimum atomic E-state index is 0.0954. The van der Waals surface area contributed by atoms with Crippen molar-refractivity contribution in [2.24, 2.45) is 0 Å². The van der Waals surface area contributed by atoms with Crippen LogP contribution < -0.4 is 4.74 Å². The average molecular weight is 345 g/mol. The summed E-state index contributed by atoms with van der Waals surface area (Å²) in [5.41, 5.74) is 4.53. The first-order chi connectivity index (χ1) is 12.8. The first-order valence-corrected chi connectivity index (χ1v) is 8.56. The molecule has 0 spiro atoms. The summed E-state index contributed by atoms with van der Waals surface area (Å²) in [6, 6.07) is 23.6. The molecule has 26 heavy (non-hydrogen) atoms. The van der Waals surface area contributed by atoms with Crippen LogP contribution in [0.1, 0.15) is 11.1 Å². The Morgan fingerprint density at radius 2 is 1.50 bits per heavy atom. The summed E-state index contributed by atoms with van der Waals surface area (Å²) in [6.45, 7) is 0.562. The van der Waals surface area contributed by atoms with Crippen LogP contribution in [0.2, 0.25) is 0 Å². The van der Waals surface area contributed by atoms with Crippen molar-refractivity contribution in [3.63, 3.8) is 0 Å². The van der Waals surface area contributed by atoms with Crippen molar-refractivity contribution in [3.05, 3.63) is 83.9 Å². The van der Waals surface area contributed by atoms with Gasteiger partial charge < -0.3 is 9.84 Å². The summed E-state index contributed by atoms with van der Waals surface area (Å²) >= 11 is 0. The number of nitrogens with zero attached hydrogens (tertiary/aromatic N) is 3. The van der Waals surface area contributed by atoms with Crippen LogP contribution in [0.25, 0.3) is 16.7 Å². The second-order valence-electron chi connectivity index (χ2n) is 6.03. The molecule has 5 nitrogen and oxygen atoms in total. The molecule has 0 fully saturated rings. The number of benzene rings is 3. The summed E-state index contributed by atoms with van der Waals surface area (Å²) in [5, 5.41) is 18.4. The molecule has 130 valence electrons. The maximum atomic E-state index is 9.25. The quantitative estimate of drug-likeness (QED) is 0.581. The number of hydrogen-bond donors (Lipinski definition) is 1. The van der Waals surface area contributed by atoms with Crippen LogP contribution in [0.3, 0.4) is 0 Å². The Bertz CT molecular complexity index is 979. The van der Waals surface area contributed by atoms with E-state index >= 15 is 0 Å². The highest BCUT2D eigenvalue weighted by Crippen LogP contribution is 2.26. The lowest BCUT2D eigenvalue weighted by atomic mass is 10.1. The van der Waals surface area contributed by atoms with Crippen LogP contribution in [0.4, 0.5) is 0 Å². The van der Waals surface area contributed by atoms with Crippen LogP contribution >= 0.6 is 0 Å². The highest BCUT2D eigenvalue weighted by molar-refractivity contribution is 5.73. The van der Waals surface area contributed by atoms with Gasteiger partial charge in [-0.25, -0.2) is 0 Å². The van der Waals surface area contributed by atoms with Crippen LogP contribution in [0.5, 0.6) is 5.75 Å². The summed E-state index contributed by atoms with van der Waals surface area (Å²) in [6.07, 6.45) is 0.576. The van der Waals surface area contributed by atoms with E-state index in [-0.39, 0.29) is 6.61 Å². The first-order valence-electron chi connectivity index (χ1n) is 8.56. The predicted molar refractivity (Wildman–Crippen MR) is 100 cm³/mol. The Kier molecular flexibility index (Phi) is 4.62. The molecule has 0 saturated carbocycles. The topological polar surface area (TPSA) is 60.2 Å². The van der Waals surface area contributed by atoms with Gasteiger partial charge in [0.25, 0.3) is 0 Å². The molecule has 1 aromatic heterocycles. The first kappa shape index (κ1) is 16.3. The lowest BCUT2D eigenvalue weighted by molar-refractivity contribution is 0.298. The van der Waals surface area contributed by atoms with Crippen molar-refractivity contribution in [1.29, 1.82) is 0 Å². The summed E-state index contributed by atoms with van der Waals surface area (Å²) < 4.78 is 6.04. The number of aliphatic hydroxyl groups is 1. The summed E-state index contributed by atoms with van der Waals surface area (Å²) in [7, 11) is 0. The van der Waals surface area contributed by atoms with E-state index in [2.05, 4.69) is 10.2 Å². The lowest BCUT2D eigenvalue weighted by Crippen LogP contribution is -2.05. The molecule has 5 heteroatoms. The maximum absolute atomic E-state index is 9.25. The largest absolute Gasteiger partial charge is 0.487 e. The Balaban J connectivity index is 1.71. The molecular formula is C21H19N3O2. The molecule has 0 bridgehead atoms. The van der Waals surface area contributed by atoms with E-state index in [1.54, 1.807) is 4.80 Å². The molecule has 0 radical (unpaired) electrons. The molecular weight excluding hydrogens is 326 g/mol. The minimum absolute atomic E-state index is 0.0954. The molecule has 0 aliphatic heterocycles. The molecule has 4 aromatic rings. The summed E-state index contributed by atoms with van der Waals surface area (Å²) in [4.78, 5) is 1.60. The van der Waals surface area contributed by atoms with Crippen molar-refractivity contribution >= 4 is 11.0 Å². The SMILES string of the molecule is OCCc1ccc(OCc2ccccc2)c(-n2nc3ccccc3n2)c1. The number of aliphatic hydroxyl groups excluding tert-OH is 1. The third-order valence-corrected chi connectivity index (χ3v) is 4.16. The molecule has 0 saturated heterocycles. The van der Waals surface area contributed by atoms with Crippen molar-refractivity contribution in [2.75, 3.05) is 6.61 Å². The molecule has 3 aromatic carbocycles. The van der Waals surface area contributed by atoms with E-state index in [9.17, 15) is 5.11 Å². The van der Waals surface area contributed by atoms with Gasteiger partial charge in [0, 0.05) is 6.61 Å². The summed E-state index contributed by atoms with van der Waals surface area (Å²) in [5.74, 6) is 0.704. The molecule has 1 N–H and O–H groups in total. The van der Waals surface area contributed by atoms with E-state index in [4.69, 9.17) is 4.74 Å². The van der Waals surface area contributed by atoms with Gasteiger partial charge in [0.2, 0.25) is 0 Å². The predicted octanol–water partition coefficient (Wildman–Crippen LogP) is 3.53. The Hall–Kier alpha value is -3.18. The van der Waals surface area contributed by atoms with Gasteiger partial charge in [-0.1, -0.05) is 48.5 Å². The smallest absolute Gasteiger partial charge is 0.147 e. The van der Waals surface area contributed by atoms with Gasteiger partial charge >= 0.3 is 0 Å². The molecule has 1 heterocycles. The molecule has 0 aliphatic rings. The number of rotatable bonds is 6. The highest BCUT2D eigenvalue weighted by atomic mass is 16.5. The fourth-order valence-corrected chi connectivity index (χ4v) is 2.83. The van der Waals surface area contributed by atoms with Crippen molar-refractivity contribution in [2.45, 2.75) is 13.0 Å². The van der Waals surface area contributed by atoms with Gasteiger partial charge in [-0.15, -0.1) is 15.0 Å². The van der Waals surface area contributed by atoms with Crippen molar-refractivity contribution in [1.82, 2.24) is 15.0 Å². The Morgan fingerprint density at radius 3 is 2.19 bits per heavy atom. The Labute approximate surface area is 151 Å². The second kappa shape index (κ2) is 7.37. The van der Waals surface area contributed by atoms with E-state index in [1.165, 1.54) is 0 Å². The molecule has 0 aliphatic carbocycles. The van der Waals surface area contributed by atoms with E-state index < -0.39 is 0 Å². The molecule has 0 unspecified atom stereocenters. The lowest BCUT2D eigenvalue weighted by Gasteiger charge is -2.12. The van der Waals surface area contributed by atoms with Crippen molar-refractivity contribution < 1.29 is 9.84 Å². The number of ether oxygens (including phenoxy) is 1. The normalized spacial score (nSPS) is 11.0. The van der Waals surface area contributed by atoms with E-state index in [1.807, 2.05) is 72.8 Å². The number of aromatic nitrogens is 3. The third kappa shape index (κ3) is 3.43. The molecule has 4 rings (SSSR count). The zero-order valence-electron chi connectivity index (χ0n) is 14.2. The van der Waals surface area contributed by atoms with Gasteiger partial charge in [0.15, 0.2) is 0 Å². The number of hydrogen-bond acceptors (Lipinski definition) is 4. The third-order valence-electron chi connectivity index (χ3n) is 4.16. The highest BCUT2D eigenvalue weighted by Gasteiger charge is 2.12. The zero-order chi connectivity index (χ0) is 17.8. The minimum Gasteiger partial charge on any atom is -0.487 e. The van der Waals surface area contributed by atoms with Crippen LogP contribution in [0.15, 0.2) is 72.8 Å². The Morgan fingerprint density at radius 1 is 0.808 bits per heavy atom. The van der Waals surface area contributed by atoms with Crippen LogP contribution in [-0.4, -0.2) is 26.7 Å². The molecule has 0 atom stereocenters. The average Bonchev–Trinajstić information content (AvgIpc) is 3.12. The zero-order valence-corrected chi connectivity index (χ0v) is 14.2. The molecule has 0 amide bonds. The van der Waals surface area contributed by atoms with Gasteiger partial charge in [0.1, 0.15) is 29.1 Å². The fraction of sp³-hybridized carbons (Fsp3) is 0.143. The van der Waals surface area contributed by atoms with Gasteiger partial charge in [-0.2, -0.15) is 0 Å². The maximum Gasteiger partial charge on any atom is 0.147 e.